The largest absolute Gasteiger partial charge is 0.497 e. The lowest BCUT2D eigenvalue weighted by Crippen LogP contribution is -2.48. The van der Waals surface area contributed by atoms with Gasteiger partial charge in [0.1, 0.15) is 22.9 Å². The molecule has 0 radical (unpaired) electrons. The zero-order valence-corrected chi connectivity index (χ0v) is 30.6. The van der Waals surface area contributed by atoms with Crippen molar-refractivity contribution in [3.63, 3.8) is 0 Å². The van der Waals surface area contributed by atoms with Crippen molar-refractivity contribution in [1.82, 2.24) is 15.0 Å². The number of urea groups is 1. The first-order valence-corrected chi connectivity index (χ1v) is 18.2. The number of amides is 3. The number of aromatic nitrogens is 1. The van der Waals surface area contributed by atoms with Gasteiger partial charge in [-0.25, -0.2) is 13.2 Å². The minimum atomic E-state index is -4.01. The molecule has 2 heterocycles. The fraction of sp³-hybridized carbons (Fsp3) is 0.514. The third-order valence-corrected chi connectivity index (χ3v) is 10.1. The summed E-state index contributed by atoms with van der Waals surface area (Å²) in [4.78, 5) is 30.7. The van der Waals surface area contributed by atoms with Crippen LogP contribution in [0.5, 0.6) is 11.5 Å². The van der Waals surface area contributed by atoms with Crippen molar-refractivity contribution < 1.29 is 41.8 Å². The molecule has 0 bridgehead atoms. The minimum Gasteiger partial charge on any atom is -0.497 e. The van der Waals surface area contributed by atoms with Crippen LogP contribution in [0, 0.1) is 19.8 Å². The Balaban J connectivity index is 1.63. The number of fused-ring (bicyclic) bond motifs is 1. The highest BCUT2D eigenvalue weighted by atomic mass is 32.2. The number of hydrogen-bond acceptors (Lipinski definition) is 10. The number of benzene rings is 2. The number of aliphatic hydroxyl groups is 1. The Bertz CT molecular complexity index is 1690. The molecule has 0 spiro atoms. The number of anilines is 2. The van der Waals surface area contributed by atoms with E-state index in [9.17, 15) is 23.1 Å². The van der Waals surface area contributed by atoms with Crippen LogP contribution in [-0.2, 0) is 14.8 Å². The van der Waals surface area contributed by atoms with E-state index in [2.05, 4.69) is 15.2 Å². The molecule has 274 valence electrons. The lowest BCUT2D eigenvalue weighted by molar-refractivity contribution is -0.0115. The maximum Gasteiger partial charge on any atom is 0.321 e. The van der Waals surface area contributed by atoms with Gasteiger partial charge in [-0.3, -0.25) is 9.52 Å². The Morgan fingerprint density at radius 2 is 1.88 bits per heavy atom. The molecule has 0 saturated heterocycles. The molecular formula is C35H49N5O9S. The number of ether oxygens (including phenoxy) is 3. The maximum atomic E-state index is 14.4. The minimum absolute atomic E-state index is 0.0235. The summed E-state index contributed by atoms with van der Waals surface area (Å²) >= 11 is 0. The normalized spacial score (nSPS) is 19.8. The SMILES string of the molecule is COc1ccc(S(=O)(=O)Nc2ccc3c(c2)C(=O)N([C@H](C)CO)C[C@H](C)[C@H](CN(C)C(=O)Nc2c(C)noc2C)OCCCC[C@@H](C)O3)cc1. The zero-order chi connectivity index (χ0) is 36.6. The van der Waals surface area contributed by atoms with Crippen molar-refractivity contribution in [2.45, 2.75) is 77.0 Å². The van der Waals surface area contributed by atoms with E-state index in [-0.39, 0.29) is 53.9 Å². The molecule has 1 aromatic heterocycles. The average Bonchev–Trinajstić information content (AvgIpc) is 3.41. The molecule has 1 aliphatic heterocycles. The zero-order valence-electron chi connectivity index (χ0n) is 29.8. The Kier molecular flexibility index (Phi) is 13.1. The number of nitrogens with zero attached hydrogens (tertiary/aromatic N) is 3. The first-order chi connectivity index (χ1) is 23.7. The highest BCUT2D eigenvalue weighted by Crippen LogP contribution is 2.30. The van der Waals surface area contributed by atoms with Crippen LogP contribution >= 0.6 is 0 Å². The number of methoxy groups -OCH3 is 1. The smallest absolute Gasteiger partial charge is 0.321 e. The molecule has 3 N–H and O–H groups in total. The predicted molar refractivity (Wildman–Crippen MR) is 188 cm³/mol. The number of carbonyl (C=O) groups excluding carboxylic acids is 2. The molecule has 3 amide bonds. The number of aliphatic hydroxyl groups excluding tert-OH is 1. The van der Waals surface area contributed by atoms with Gasteiger partial charge in [-0.15, -0.1) is 0 Å². The van der Waals surface area contributed by atoms with Crippen molar-refractivity contribution in [3.05, 3.63) is 59.5 Å². The van der Waals surface area contributed by atoms with Crippen molar-refractivity contribution in [1.29, 1.82) is 0 Å². The molecule has 15 heteroatoms. The third kappa shape index (κ3) is 9.67. The Hall–Kier alpha value is -4.34. The lowest BCUT2D eigenvalue weighted by atomic mass is 10.0. The van der Waals surface area contributed by atoms with Crippen molar-refractivity contribution in [3.8, 4) is 11.5 Å². The summed E-state index contributed by atoms with van der Waals surface area (Å²) in [6.07, 6.45) is 1.50. The summed E-state index contributed by atoms with van der Waals surface area (Å²) in [5.74, 6) is 0.572. The van der Waals surface area contributed by atoms with Crippen LogP contribution in [0.15, 0.2) is 51.9 Å². The first-order valence-electron chi connectivity index (χ1n) is 16.7. The number of likely N-dealkylation sites (N-methyl/N-ethyl adjacent to an activating group) is 1. The summed E-state index contributed by atoms with van der Waals surface area (Å²) in [7, 11) is -0.849. The quantitative estimate of drug-likeness (QED) is 0.272. The lowest BCUT2D eigenvalue weighted by Gasteiger charge is -2.35. The summed E-state index contributed by atoms with van der Waals surface area (Å²) in [6.45, 7) is 9.54. The van der Waals surface area contributed by atoms with Crippen LogP contribution < -0.4 is 19.5 Å². The number of carbonyl (C=O) groups is 2. The second-order valence-corrected chi connectivity index (χ2v) is 14.5. The average molecular weight is 716 g/mol. The fourth-order valence-electron chi connectivity index (χ4n) is 5.63. The highest BCUT2D eigenvalue weighted by molar-refractivity contribution is 7.92. The first kappa shape index (κ1) is 38.5. The molecular weight excluding hydrogens is 666 g/mol. The molecule has 0 saturated carbocycles. The van der Waals surface area contributed by atoms with E-state index in [1.165, 1.54) is 35.1 Å². The van der Waals surface area contributed by atoms with E-state index in [1.54, 1.807) is 52.1 Å². The molecule has 0 unspecified atom stereocenters. The van der Waals surface area contributed by atoms with Gasteiger partial charge in [0.25, 0.3) is 15.9 Å². The van der Waals surface area contributed by atoms with Gasteiger partial charge in [0.2, 0.25) is 0 Å². The standard InChI is InChI=1S/C35H49N5O9S/c1-22-19-40(23(2)21-41)34(42)30-18-27(38-50(44,45)29-14-12-28(46-7)13-15-29)11-16-31(30)48-24(3)10-8-9-17-47-32(22)20-39(6)35(43)36-33-25(4)37-49-26(33)5/h11-16,18,22-24,32,38,41H,8-10,17,19-21H2,1-7H3,(H,36,43)/t22-,23+,24+,32-/m0/s1. The number of aryl methyl sites for hydroxylation is 2. The molecule has 4 rings (SSSR count). The van der Waals surface area contributed by atoms with Gasteiger partial charge < -0.3 is 39.0 Å². The number of nitrogens with one attached hydrogen (secondary N) is 2. The molecule has 0 fully saturated rings. The molecule has 0 aliphatic carbocycles. The maximum absolute atomic E-state index is 14.4. The van der Waals surface area contributed by atoms with Crippen LogP contribution in [0.25, 0.3) is 0 Å². The monoisotopic (exact) mass is 715 g/mol. The Labute approximate surface area is 294 Å². The van der Waals surface area contributed by atoms with E-state index in [0.29, 0.717) is 41.7 Å². The molecule has 2 aromatic carbocycles. The summed E-state index contributed by atoms with van der Waals surface area (Å²) in [5.41, 5.74) is 1.39. The van der Waals surface area contributed by atoms with Crippen LogP contribution in [0.4, 0.5) is 16.2 Å². The van der Waals surface area contributed by atoms with E-state index in [1.807, 2.05) is 13.8 Å². The third-order valence-electron chi connectivity index (χ3n) is 8.74. The van der Waals surface area contributed by atoms with E-state index < -0.39 is 28.1 Å². The fourth-order valence-corrected chi connectivity index (χ4v) is 6.68. The van der Waals surface area contributed by atoms with Gasteiger partial charge in [-0.05, 0) is 89.4 Å². The molecule has 3 aromatic rings. The topological polar surface area (TPSA) is 173 Å². The number of hydrogen-bond donors (Lipinski definition) is 3. The Morgan fingerprint density at radius 1 is 1.16 bits per heavy atom. The van der Waals surface area contributed by atoms with Gasteiger partial charge in [-0.1, -0.05) is 12.1 Å². The summed E-state index contributed by atoms with van der Waals surface area (Å²) < 4.78 is 52.0. The van der Waals surface area contributed by atoms with Crippen molar-refractivity contribution >= 4 is 33.3 Å². The summed E-state index contributed by atoms with van der Waals surface area (Å²) in [6, 6.07) is 9.58. The van der Waals surface area contributed by atoms with Gasteiger partial charge in [0.15, 0.2) is 5.76 Å². The van der Waals surface area contributed by atoms with E-state index in [4.69, 9.17) is 18.7 Å². The van der Waals surface area contributed by atoms with Crippen molar-refractivity contribution in [2.24, 2.45) is 5.92 Å². The van der Waals surface area contributed by atoms with Crippen LogP contribution in [0.2, 0.25) is 0 Å². The van der Waals surface area contributed by atoms with Crippen molar-refractivity contribution in [2.75, 3.05) is 50.5 Å². The highest BCUT2D eigenvalue weighted by Gasteiger charge is 2.31. The second kappa shape index (κ2) is 17.1. The molecule has 4 atom stereocenters. The van der Waals surface area contributed by atoms with Gasteiger partial charge in [0.05, 0.1) is 42.4 Å². The second-order valence-electron chi connectivity index (χ2n) is 12.8. The van der Waals surface area contributed by atoms with Crippen LogP contribution in [-0.4, -0.2) is 99.1 Å². The predicted octanol–water partition coefficient (Wildman–Crippen LogP) is 5.06. The van der Waals surface area contributed by atoms with Gasteiger partial charge in [0, 0.05) is 38.3 Å². The number of sulfonamides is 1. The number of rotatable bonds is 9. The summed E-state index contributed by atoms with van der Waals surface area (Å²) in [5, 5.41) is 17.0. The van der Waals surface area contributed by atoms with E-state index >= 15 is 0 Å². The van der Waals surface area contributed by atoms with Crippen LogP contribution in [0.3, 0.4) is 0 Å². The van der Waals surface area contributed by atoms with Crippen LogP contribution in [0.1, 0.15) is 61.8 Å². The van der Waals surface area contributed by atoms with Gasteiger partial charge >= 0.3 is 6.03 Å². The molecule has 14 nitrogen and oxygen atoms in total. The van der Waals surface area contributed by atoms with E-state index in [0.717, 1.165) is 12.8 Å². The Morgan fingerprint density at radius 3 is 2.52 bits per heavy atom. The molecule has 50 heavy (non-hydrogen) atoms. The van der Waals surface area contributed by atoms with Gasteiger partial charge in [-0.2, -0.15) is 0 Å². The molecule has 1 aliphatic rings.